The van der Waals surface area contributed by atoms with Crippen LogP contribution in [0.2, 0.25) is 0 Å². The molecule has 3 rings (SSSR count). The lowest BCUT2D eigenvalue weighted by molar-refractivity contribution is -0.133. The topological polar surface area (TPSA) is 114 Å². The molecule has 1 aromatic rings. The van der Waals surface area contributed by atoms with E-state index in [1.165, 1.54) is 5.01 Å². The predicted molar refractivity (Wildman–Crippen MR) is 116 cm³/mol. The zero-order valence-electron chi connectivity index (χ0n) is 18.1. The van der Waals surface area contributed by atoms with Crippen LogP contribution in [0.5, 0.6) is 11.5 Å². The van der Waals surface area contributed by atoms with Gasteiger partial charge in [0.2, 0.25) is 5.91 Å². The monoisotopic (exact) mass is 451 g/mol. The maximum absolute atomic E-state index is 12.8. The molecule has 1 N–H and O–H groups in total. The largest absolute Gasteiger partial charge is 0.490 e. The van der Waals surface area contributed by atoms with Gasteiger partial charge in [0.1, 0.15) is 5.71 Å². The Labute approximate surface area is 182 Å². The number of nitrogens with one attached hydrogen (secondary N) is 1. The second-order valence-electron chi connectivity index (χ2n) is 7.61. The Morgan fingerprint density at radius 1 is 1.23 bits per heavy atom. The summed E-state index contributed by atoms with van der Waals surface area (Å²) >= 11 is 0. The molecule has 9 nitrogen and oxygen atoms in total. The fourth-order valence-electron chi connectivity index (χ4n) is 3.69. The molecule has 170 valence electrons. The Bertz CT molecular complexity index is 975. The van der Waals surface area contributed by atoms with Gasteiger partial charge in [0.25, 0.3) is 5.91 Å². The first-order valence-electron chi connectivity index (χ1n) is 10.5. The van der Waals surface area contributed by atoms with Gasteiger partial charge in [-0.1, -0.05) is 6.07 Å². The number of amides is 2. The van der Waals surface area contributed by atoms with Gasteiger partial charge in [-0.3, -0.25) is 9.59 Å². The van der Waals surface area contributed by atoms with Crippen LogP contribution in [0.25, 0.3) is 0 Å². The highest BCUT2D eigenvalue weighted by Crippen LogP contribution is 2.31. The first-order valence-corrected chi connectivity index (χ1v) is 12.4. The van der Waals surface area contributed by atoms with Crippen molar-refractivity contribution < 1.29 is 27.5 Å². The highest BCUT2D eigenvalue weighted by Gasteiger charge is 2.37. The lowest BCUT2D eigenvalue weighted by Crippen LogP contribution is -2.44. The maximum Gasteiger partial charge on any atom is 0.267 e. The van der Waals surface area contributed by atoms with Crippen molar-refractivity contribution in [2.24, 2.45) is 5.10 Å². The molecule has 0 aromatic heterocycles. The molecule has 31 heavy (non-hydrogen) atoms. The van der Waals surface area contributed by atoms with E-state index in [1.807, 2.05) is 39.0 Å². The molecule has 2 amide bonds. The van der Waals surface area contributed by atoms with Crippen molar-refractivity contribution in [2.75, 3.05) is 24.7 Å². The molecule has 1 fully saturated rings. The first-order chi connectivity index (χ1) is 14.7. The highest BCUT2D eigenvalue weighted by molar-refractivity contribution is 7.91. The second kappa shape index (κ2) is 9.67. The minimum Gasteiger partial charge on any atom is -0.490 e. The van der Waals surface area contributed by atoms with Gasteiger partial charge in [-0.15, -0.1) is 0 Å². The second-order valence-corrected chi connectivity index (χ2v) is 9.84. The summed E-state index contributed by atoms with van der Waals surface area (Å²) in [6.07, 6.45) is 0.699. The Kier molecular flexibility index (Phi) is 7.19. The Morgan fingerprint density at radius 2 is 1.94 bits per heavy atom. The van der Waals surface area contributed by atoms with Crippen LogP contribution in [0.3, 0.4) is 0 Å². The van der Waals surface area contributed by atoms with Crippen molar-refractivity contribution in [3.05, 3.63) is 23.8 Å². The average molecular weight is 452 g/mol. The number of hydrogen-bond donors (Lipinski definition) is 1. The molecule has 0 unspecified atom stereocenters. The van der Waals surface area contributed by atoms with Gasteiger partial charge in [0.05, 0.1) is 36.8 Å². The molecule has 0 saturated carbocycles. The molecule has 2 aliphatic heterocycles. The molecule has 0 spiro atoms. The summed E-state index contributed by atoms with van der Waals surface area (Å²) in [6.45, 7) is 6.63. The Balaban J connectivity index is 1.72. The number of carbonyl (C=O) groups is 2. The summed E-state index contributed by atoms with van der Waals surface area (Å²) in [4.78, 5) is 25.1. The smallest absolute Gasteiger partial charge is 0.267 e. The molecule has 10 heteroatoms. The summed E-state index contributed by atoms with van der Waals surface area (Å²) in [6, 6.07) is 4.67. The van der Waals surface area contributed by atoms with Crippen LogP contribution in [0.4, 0.5) is 0 Å². The number of sulfone groups is 1. The molecule has 1 aromatic carbocycles. The number of hydrazone groups is 1. The van der Waals surface area contributed by atoms with Crippen LogP contribution >= 0.6 is 0 Å². The van der Waals surface area contributed by atoms with Crippen LogP contribution in [0.1, 0.15) is 51.6 Å². The molecule has 0 aliphatic carbocycles. The molecule has 2 atom stereocenters. The minimum absolute atomic E-state index is 0.0371. The molecule has 2 heterocycles. The number of hydrogen-bond acceptors (Lipinski definition) is 7. The summed E-state index contributed by atoms with van der Waals surface area (Å²) in [5.41, 5.74) is 1.07. The molecular formula is C21H29N3O6S. The van der Waals surface area contributed by atoms with Crippen molar-refractivity contribution >= 4 is 27.4 Å². The number of benzene rings is 1. The molecule has 2 aliphatic rings. The fourth-order valence-corrected chi connectivity index (χ4v) is 5.38. The van der Waals surface area contributed by atoms with Gasteiger partial charge in [-0.25, -0.2) is 13.4 Å². The average Bonchev–Trinajstić information content (AvgIpc) is 3.09. The Morgan fingerprint density at radius 3 is 2.58 bits per heavy atom. The van der Waals surface area contributed by atoms with Gasteiger partial charge >= 0.3 is 0 Å². The van der Waals surface area contributed by atoms with Crippen molar-refractivity contribution in [3.63, 3.8) is 0 Å². The van der Waals surface area contributed by atoms with Gasteiger partial charge in [-0.05, 0) is 44.9 Å². The zero-order valence-corrected chi connectivity index (χ0v) is 18.9. The fraction of sp³-hybridized carbons (Fsp3) is 0.571. The normalized spacial score (nSPS) is 21.4. The number of carbonyl (C=O) groups excluding carboxylic acids is 2. The highest BCUT2D eigenvalue weighted by atomic mass is 32.2. The van der Waals surface area contributed by atoms with E-state index >= 15 is 0 Å². The third-order valence-corrected chi connectivity index (χ3v) is 7.04. The van der Waals surface area contributed by atoms with Crippen molar-refractivity contribution in [1.82, 2.24) is 10.3 Å². The van der Waals surface area contributed by atoms with Crippen LogP contribution in [-0.4, -0.2) is 61.7 Å². The van der Waals surface area contributed by atoms with E-state index in [2.05, 4.69) is 10.4 Å². The van der Waals surface area contributed by atoms with Gasteiger partial charge in [0.15, 0.2) is 21.3 Å². The van der Waals surface area contributed by atoms with E-state index in [1.54, 1.807) is 0 Å². The lowest BCUT2D eigenvalue weighted by Gasteiger charge is -2.28. The van der Waals surface area contributed by atoms with Crippen LogP contribution in [0, 0.1) is 0 Å². The quantitative estimate of drug-likeness (QED) is 0.645. The van der Waals surface area contributed by atoms with Gasteiger partial charge < -0.3 is 14.8 Å². The predicted octanol–water partition coefficient (Wildman–Crippen LogP) is 1.83. The minimum atomic E-state index is -3.16. The van der Waals surface area contributed by atoms with E-state index in [9.17, 15) is 18.0 Å². The molecule has 0 radical (unpaired) electrons. The van der Waals surface area contributed by atoms with E-state index in [0.717, 1.165) is 5.56 Å². The third-order valence-electron chi connectivity index (χ3n) is 5.29. The number of rotatable bonds is 8. The van der Waals surface area contributed by atoms with Crippen LogP contribution in [-0.2, 0) is 19.4 Å². The number of ether oxygens (including phenoxy) is 2. The Hall–Kier alpha value is -2.62. The van der Waals surface area contributed by atoms with E-state index in [-0.39, 0.29) is 47.9 Å². The van der Waals surface area contributed by atoms with Gasteiger partial charge in [-0.2, -0.15) is 5.10 Å². The third kappa shape index (κ3) is 5.55. The van der Waals surface area contributed by atoms with Crippen LogP contribution in [0.15, 0.2) is 23.3 Å². The lowest BCUT2D eigenvalue weighted by atomic mass is 10.1. The molecule has 1 saturated heterocycles. The summed E-state index contributed by atoms with van der Waals surface area (Å²) in [5.74, 6) is 0.549. The summed E-state index contributed by atoms with van der Waals surface area (Å²) in [7, 11) is -3.16. The molecular weight excluding hydrogens is 422 g/mol. The zero-order chi connectivity index (χ0) is 22.6. The molecule has 0 bridgehead atoms. The SMILES string of the molecule is CCOc1ccc([C@@H](C)NC(=O)C2=NN([C@H]3CCS(=O)(=O)C3)C(=O)CC2)cc1OCC. The summed E-state index contributed by atoms with van der Waals surface area (Å²) < 4.78 is 34.7. The van der Waals surface area contributed by atoms with Crippen molar-refractivity contribution in [2.45, 2.75) is 52.1 Å². The maximum atomic E-state index is 12.8. The number of nitrogens with zero attached hydrogens (tertiary/aromatic N) is 2. The van der Waals surface area contributed by atoms with Crippen molar-refractivity contribution in [1.29, 1.82) is 0 Å². The first kappa shape index (κ1) is 23.1. The van der Waals surface area contributed by atoms with Gasteiger partial charge in [0, 0.05) is 12.8 Å². The standard InChI is InChI=1S/C21H29N3O6S/c1-4-29-18-8-6-15(12-19(18)30-5-2)14(3)22-21(26)17-7-9-20(25)24(23-17)16-10-11-31(27,28)13-16/h6,8,12,14,16H,4-5,7,9-11,13H2,1-3H3,(H,22,26)/t14-,16+/m1/s1. The summed E-state index contributed by atoms with van der Waals surface area (Å²) in [5, 5.41) is 8.32. The van der Waals surface area contributed by atoms with E-state index in [4.69, 9.17) is 9.47 Å². The van der Waals surface area contributed by atoms with Crippen LogP contribution < -0.4 is 14.8 Å². The van der Waals surface area contributed by atoms with E-state index in [0.29, 0.717) is 31.1 Å². The van der Waals surface area contributed by atoms with Crippen molar-refractivity contribution in [3.8, 4) is 11.5 Å². The van der Waals surface area contributed by atoms with E-state index < -0.39 is 15.9 Å².